The molecule has 1 aromatic carbocycles. The van der Waals surface area contributed by atoms with Crippen molar-refractivity contribution in [3.05, 3.63) is 35.4 Å². The molecule has 0 fully saturated rings. The fourth-order valence-electron chi connectivity index (χ4n) is 1.96. The first-order valence-corrected chi connectivity index (χ1v) is 6.84. The maximum absolute atomic E-state index is 12.1. The summed E-state index contributed by atoms with van der Waals surface area (Å²) in [5.74, 6) is -0.322. The highest BCUT2D eigenvalue weighted by Crippen LogP contribution is 2.25. The van der Waals surface area contributed by atoms with Gasteiger partial charge in [-0.05, 0) is 32.4 Å². The van der Waals surface area contributed by atoms with Gasteiger partial charge in [0.25, 0.3) is 5.91 Å². The van der Waals surface area contributed by atoms with Crippen LogP contribution in [0.5, 0.6) is 5.75 Å². The number of nitrogens with one attached hydrogen (secondary N) is 1. The molecule has 0 saturated heterocycles. The first kappa shape index (κ1) is 15.1. The molecule has 0 unspecified atom stereocenters. The predicted molar refractivity (Wildman–Crippen MR) is 79.0 cm³/mol. The van der Waals surface area contributed by atoms with E-state index in [2.05, 4.69) is 5.32 Å². The number of rotatable bonds is 5. The third kappa shape index (κ3) is 3.62. The van der Waals surface area contributed by atoms with Gasteiger partial charge in [-0.15, -0.1) is 0 Å². The second kappa shape index (κ2) is 5.99. The van der Waals surface area contributed by atoms with Gasteiger partial charge in [0.05, 0.1) is 11.0 Å². The lowest BCUT2D eigenvalue weighted by Crippen LogP contribution is -2.34. The third-order valence-electron chi connectivity index (χ3n) is 3.54. The zero-order valence-electron chi connectivity index (χ0n) is 12.2. The van der Waals surface area contributed by atoms with Gasteiger partial charge in [-0.2, -0.15) is 0 Å². The Labute approximate surface area is 123 Å². The molecule has 0 radical (unpaired) electrons. The first-order chi connectivity index (χ1) is 9.90. The van der Waals surface area contributed by atoms with Crippen LogP contribution in [0.1, 0.15) is 25.8 Å². The Bertz CT molecular complexity index is 590. The van der Waals surface area contributed by atoms with Crippen LogP contribution in [0.4, 0.5) is 0 Å². The highest BCUT2D eigenvalue weighted by atomic mass is 16.5. The summed E-state index contributed by atoms with van der Waals surface area (Å²) < 4.78 is 5.52. The van der Waals surface area contributed by atoms with Crippen LogP contribution in [0, 0.1) is 5.41 Å². The lowest BCUT2D eigenvalue weighted by atomic mass is 9.89. The van der Waals surface area contributed by atoms with E-state index in [0.29, 0.717) is 18.5 Å². The van der Waals surface area contributed by atoms with Gasteiger partial charge in [-0.25, -0.2) is 0 Å². The Morgan fingerprint density at radius 2 is 2.05 bits per heavy atom. The fraction of sp³-hybridized carbons (Fsp3) is 0.375. The molecule has 1 amide bonds. The number of aliphatic carboxylic acids is 1. The number of benzene rings is 1. The van der Waals surface area contributed by atoms with Crippen molar-refractivity contribution >= 4 is 18.0 Å². The molecule has 0 saturated carbocycles. The molecule has 1 aliphatic heterocycles. The number of carbonyl (C=O) groups excluding carboxylic acids is 1. The Morgan fingerprint density at radius 3 is 2.76 bits per heavy atom. The van der Waals surface area contributed by atoms with Gasteiger partial charge >= 0.3 is 5.97 Å². The van der Waals surface area contributed by atoms with Gasteiger partial charge in [0.2, 0.25) is 0 Å². The maximum Gasteiger partial charge on any atom is 0.309 e. The fourth-order valence-corrected chi connectivity index (χ4v) is 1.96. The smallest absolute Gasteiger partial charge is 0.309 e. The normalized spacial score (nSPS) is 13.7. The van der Waals surface area contributed by atoms with Crippen molar-refractivity contribution in [3.8, 4) is 5.75 Å². The van der Waals surface area contributed by atoms with Crippen molar-refractivity contribution in [1.82, 2.24) is 5.32 Å². The Balaban J connectivity index is 1.94. The number of ether oxygens (including phenoxy) is 1. The summed E-state index contributed by atoms with van der Waals surface area (Å²) in [4.78, 5) is 23.0. The summed E-state index contributed by atoms with van der Waals surface area (Å²) in [6.07, 6.45) is 2.18. The second-order valence-electron chi connectivity index (χ2n) is 5.69. The number of hydrogen-bond acceptors (Lipinski definition) is 3. The van der Waals surface area contributed by atoms with Crippen LogP contribution >= 0.6 is 0 Å². The minimum absolute atomic E-state index is 0.217. The van der Waals surface area contributed by atoms with Gasteiger partial charge < -0.3 is 15.2 Å². The van der Waals surface area contributed by atoms with Gasteiger partial charge in [-0.1, -0.05) is 18.2 Å². The molecule has 2 N–H and O–H groups in total. The largest absolute Gasteiger partial charge is 0.488 e. The molecule has 0 spiro atoms. The molecule has 1 heterocycles. The molecule has 1 aromatic rings. The van der Waals surface area contributed by atoms with Crippen molar-refractivity contribution in [3.63, 3.8) is 0 Å². The van der Waals surface area contributed by atoms with Crippen LogP contribution in [-0.4, -0.2) is 30.1 Å². The van der Waals surface area contributed by atoms with Gasteiger partial charge in [0, 0.05) is 12.1 Å². The lowest BCUT2D eigenvalue weighted by Gasteiger charge is -2.20. The molecule has 5 nitrogen and oxygen atoms in total. The third-order valence-corrected chi connectivity index (χ3v) is 3.54. The number of carboxylic acid groups (broad SMARTS) is 1. The van der Waals surface area contributed by atoms with Gasteiger partial charge in [-0.3, -0.25) is 9.59 Å². The van der Waals surface area contributed by atoms with E-state index >= 15 is 0 Å². The molecule has 5 heteroatoms. The van der Waals surface area contributed by atoms with E-state index < -0.39 is 11.4 Å². The zero-order valence-corrected chi connectivity index (χ0v) is 12.2. The number of para-hydroxylation sites is 1. The molecule has 2 rings (SSSR count). The maximum atomic E-state index is 12.1. The minimum atomic E-state index is -0.870. The van der Waals surface area contributed by atoms with Crippen molar-refractivity contribution in [2.45, 2.75) is 20.3 Å². The quantitative estimate of drug-likeness (QED) is 0.870. The number of carbonyl (C=O) groups is 2. The van der Waals surface area contributed by atoms with Crippen LogP contribution in [0.2, 0.25) is 0 Å². The van der Waals surface area contributed by atoms with E-state index in [9.17, 15) is 9.59 Å². The van der Waals surface area contributed by atoms with Gasteiger partial charge in [0.15, 0.2) is 0 Å². The first-order valence-electron chi connectivity index (χ1n) is 6.84. The molecular weight excluding hydrogens is 270 g/mol. The van der Waals surface area contributed by atoms with Crippen LogP contribution in [0.15, 0.2) is 29.8 Å². The molecule has 0 bridgehead atoms. The van der Waals surface area contributed by atoms with Crippen LogP contribution < -0.4 is 10.1 Å². The Morgan fingerprint density at radius 1 is 1.33 bits per heavy atom. The predicted octanol–water partition coefficient (Wildman–Crippen LogP) is 2.08. The monoisotopic (exact) mass is 289 g/mol. The zero-order chi connectivity index (χ0) is 15.5. The topological polar surface area (TPSA) is 75.6 Å². The standard InChI is InChI=1S/C16H19NO4/c1-16(2,15(19)20)7-8-17-14(18)12-9-11-5-3-4-6-13(11)21-10-12/h3-6,9H,7-8,10H2,1-2H3,(H,17,18)(H,19,20). The summed E-state index contributed by atoms with van der Waals surface area (Å²) in [6, 6.07) is 7.51. The van der Waals surface area contributed by atoms with E-state index in [1.165, 1.54) is 0 Å². The molecule has 1 aliphatic rings. The minimum Gasteiger partial charge on any atom is -0.488 e. The number of carboxylic acids is 1. The molecular formula is C16H19NO4. The van der Waals surface area contributed by atoms with Crippen molar-refractivity contribution in [1.29, 1.82) is 0 Å². The molecule has 21 heavy (non-hydrogen) atoms. The van der Waals surface area contributed by atoms with E-state index in [-0.39, 0.29) is 12.5 Å². The highest BCUT2D eigenvalue weighted by Gasteiger charge is 2.27. The Hall–Kier alpha value is -2.30. The molecule has 0 aromatic heterocycles. The Kier molecular flexibility index (Phi) is 4.31. The van der Waals surface area contributed by atoms with Crippen molar-refractivity contribution in [2.24, 2.45) is 5.41 Å². The summed E-state index contributed by atoms with van der Waals surface area (Å²) in [5, 5.41) is 11.8. The highest BCUT2D eigenvalue weighted by molar-refractivity contribution is 5.99. The van der Waals surface area contributed by atoms with Crippen LogP contribution in [0.25, 0.3) is 6.08 Å². The summed E-state index contributed by atoms with van der Waals surface area (Å²) in [6.45, 7) is 3.82. The van der Waals surface area contributed by atoms with E-state index in [4.69, 9.17) is 9.84 Å². The van der Waals surface area contributed by atoms with E-state index in [0.717, 1.165) is 11.3 Å². The van der Waals surface area contributed by atoms with Crippen molar-refractivity contribution in [2.75, 3.05) is 13.2 Å². The van der Waals surface area contributed by atoms with Gasteiger partial charge in [0.1, 0.15) is 12.4 Å². The summed E-state index contributed by atoms with van der Waals surface area (Å²) in [7, 11) is 0. The van der Waals surface area contributed by atoms with E-state index in [1.54, 1.807) is 19.9 Å². The van der Waals surface area contributed by atoms with E-state index in [1.807, 2.05) is 24.3 Å². The average Bonchev–Trinajstić information content (AvgIpc) is 2.46. The summed E-state index contributed by atoms with van der Waals surface area (Å²) >= 11 is 0. The van der Waals surface area contributed by atoms with Crippen LogP contribution in [0.3, 0.4) is 0 Å². The SMILES string of the molecule is CC(C)(CCNC(=O)C1=Cc2ccccc2OC1)C(=O)O. The number of hydrogen-bond donors (Lipinski definition) is 2. The molecule has 0 aliphatic carbocycles. The average molecular weight is 289 g/mol. The molecule has 112 valence electrons. The second-order valence-corrected chi connectivity index (χ2v) is 5.69. The van der Waals surface area contributed by atoms with Crippen molar-refractivity contribution < 1.29 is 19.4 Å². The lowest BCUT2D eigenvalue weighted by molar-refractivity contribution is -0.147. The van der Waals surface area contributed by atoms with Crippen LogP contribution in [-0.2, 0) is 9.59 Å². The molecule has 0 atom stereocenters. The number of fused-ring (bicyclic) bond motifs is 1. The summed E-state index contributed by atoms with van der Waals surface area (Å²) in [5.41, 5.74) is 0.568. The number of amides is 1.